The number of aliphatic hydroxyl groups excluding tert-OH is 2. The van der Waals surface area contributed by atoms with Gasteiger partial charge in [-0.15, -0.1) is 0 Å². The molecule has 0 radical (unpaired) electrons. The maximum atomic E-state index is 11.1. The van der Waals surface area contributed by atoms with Crippen LogP contribution >= 0.6 is 0 Å². The van der Waals surface area contributed by atoms with Gasteiger partial charge in [0.1, 0.15) is 5.60 Å². The molecule has 4 unspecified atom stereocenters. The maximum Gasteiger partial charge on any atom is 0.129 e. The van der Waals surface area contributed by atoms with E-state index in [1.54, 1.807) is 0 Å². The molecule has 2 N–H and O–H groups in total. The molecule has 0 amide bonds. The molecule has 3 aliphatic rings. The van der Waals surface area contributed by atoms with Crippen molar-refractivity contribution >= 4 is 0 Å². The van der Waals surface area contributed by atoms with E-state index in [4.69, 9.17) is 4.74 Å². The molecule has 1 aliphatic heterocycles. The Morgan fingerprint density at radius 1 is 1.16 bits per heavy atom. The monoisotopic (exact) mass is 268 g/mol. The van der Waals surface area contributed by atoms with Gasteiger partial charge in [-0.1, -0.05) is 20.8 Å². The first-order valence-electron chi connectivity index (χ1n) is 7.75. The first-order chi connectivity index (χ1) is 8.76. The summed E-state index contributed by atoms with van der Waals surface area (Å²) in [5.41, 5.74) is -0.636. The van der Waals surface area contributed by atoms with E-state index in [1.807, 2.05) is 6.92 Å². The first-order valence-corrected chi connectivity index (χ1v) is 7.75. The van der Waals surface area contributed by atoms with Gasteiger partial charge >= 0.3 is 0 Å². The van der Waals surface area contributed by atoms with Crippen LogP contribution in [0.15, 0.2) is 0 Å². The summed E-state index contributed by atoms with van der Waals surface area (Å²) in [5, 5.41) is 20.7. The lowest BCUT2D eigenvalue weighted by molar-refractivity contribution is -0.150. The van der Waals surface area contributed by atoms with Crippen molar-refractivity contribution in [3.63, 3.8) is 0 Å². The molecule has 3 fully saturated rings. The lowest BCUT2D eigenvalue weighted by Gasteiger charge is -2.56. The number of hydrogen-bond acceptors (Lipinski definition) is 3. The summed E-state index contributed by atoms with van der Waals surface area (Å²) in [5.74, 6) is 0.108. The van der Waals surface area contributed by atoms with Gasteiger partial charge in [0.25, 0.3) is 0 Å². The van der Waals surface area contributed by atoms with Gasteiger partial charge in [0.2, 0.25) is 0 Å². The minimum Gasteiger partial charge on any atom is -0.396 e. The highest BCUT2D eigenvalue weighted by molar-refractivity contribution is 5.30. The quantitative estimate of drug-likeness (QED) is 0.757. The molecule has 2 saturated carbocycles. The topological polar surface area (TPSA) is 53.0 Å². The summed E-state index contributed by atoms with van der Waals surface area (Å²) in [7, 11) is 0. The molecule has 0 bridgehead atoms. The van der Waals surface area contributed by atoms with Gasteiger partial charge in [-0.05, 0) is 44.9 Å². The molecule has 1 saturated heterocycles. The number of rotatable bonds is 2. The Bertz CT molecular complexity index is 397. The van der Waals surface area contributed by atoms with Crippen LogP contribution in [0.2, 0.25) is 0 Å². The number of epoxide rings is 1. The molecule has 19 heavy (non-hydrogen) atoms. The van der Waals surface area contributed by atoms with Gasteiger partial charge in [0.05, 0.1) is 11.7 Å². The van der Waals surface area contributed by atoms with Crippen molar-refractivity contribution in [2.24, 2.45) is 16.7 Å². The maximum absolute atomic E-state index is 11.1. The summed E-state index contributed by atoms with van der Waals surface area (Å²) in [6, 6.07) is 0. The van der Waals surface area contributed by atoms with Crippen LogP contribution < -0.4 is 0 Å². The Balaban J connectivity index is 2.00. The van der Waals surface area contributed by atoms with Gasteiger partial charge < -0.3 is 14.9 Å². The van der Waals surface area contributed by atoms with Crippen LogP contribution in [0.25, 0.3) is 0 Å². The molecule has 3 nitrogen and oxygen atoms in total. The Hall–Kier alpha value is -0.120. The molecule has 110 valence electrons. The molecule has 2 aliphatic carbocycles. The fourth-order valence-electron chi connectivity index (χ4n) is 5.19. The summed E-state index contributed by atoms with van der Waals surface area (Å²) < 4.78 is 6.23. The SMILES string of the molecule is C[C@@H](CO)C1(C)CC[C@@]2(C)CCCC3(C)OC32C1O. The summed E-state index contributed by atoms with van der Waals surface area (Å²) >= 11 is 0. The minimum absolute atomic E-state index is 0.105. The molecule has 6 atom stereocenters. The molecule has 1 spiro atoms. The first kappa shape index (κ1) is 13.8. The molecule has 0 aromatic carbocycles. The van der Waals surface area contributed by atoms with Crippen LogP contribution in [0.5, 0.6) is 0 Å². The highest BCUT2D eigenvalue weighted by atomic mass is 16.6. The van der Waals surface area contributed by atoms with E-state index in [2.05, 4.69) is 20.8 Å². The predicted molar refractivity (Wildman–Crippen MR) is 73.8 cm³/mol. The van der Waals surface area contributed by atoms with Gasteiger partial charge in [-0.3, -0.25) is 0 Å². The van der Waals surface area contributed by atoms with E-state index in [1.165, 1.54) is 6.42 Å². The Labute approximate surface area is 116 Å². The Kier molecular flexibility index (Phi) is 2.73. The average molecular weight is 268 g/mol. The number of hydrogen-bond donors (Lipinski definition) is 2. The largest absolute Gasteiger partial charge is 0.396 e. The van der Waals surface area contributed by atoms with Crippen molar-refractivity contribution in [2.45, 2.75) is 77.1 Å². The summed E-state index contributed by atoms with van der Waals surface area (Å²) in [6.45, 7) is 8.78. The van der Waals surface area contributed by atoms with E-state index in [0.29, 0.717) is 0 Å². The molecular formula is C16H28O3. The number of aliphatic hydroxyl groups is 2. The van der Waals surface area contributed by atoms with E-state index in [-0.39, 0.29) is 34.6 Å². The van der Waals surface area contributed by atoms with E-state index < -0.39 is 6.10 Å². The van der Waals surface area contributed by atoms with E-state index >= 15 is 0 Å². The van der Waals surface area contributed by atoms with E-state index in [0.717, 1.165) is 25.7 Å². The smallest absolute Gasteiger partial charge is 0.129 e. The van der Waals surface area contributed by atoms with Gasteiger partial charge in [-0.2, -0.15) is 0 Å². The minimum atomic E-state index is -0.466. The fraction of sp³-hybridized carbons (Fsp3) is 1.00. The zero-order valence-corrected chi connectivity index (χ0v) is 12.7. The Morgan fingerprint density at radius 3 is 2.47 bits per heavy atom. The zero-order valence-electron chi connectivity index (χ0n) is 12.7. The van der Waals surface area contributed by atoms with Gasteiger partial charge in [0.15, 0.2) is 0 Å². The van der Waals surface area contributed by atoms with Crippen LogP contribution in [-0.4, -0.2) is 34.1 Å². The van der Waals surface area contributed by atoms with E-state index in [9.17, 15) is 10.2 Å². The third kappa shape index (κ3) is 1.39. The van der Waals surface area contributed by atoms with Crippen LogP contribution in [0.1, 0.15) is 59.8 Å². The third-order valence-corrected chi connectivity index (χ3v) is 7.03. The average Bonchev–Trinajstić information content (AvgIpc) is 3.02. The molecule has 1 heterocycles. The lowest BCUT2D eigenvalue weighted by Crippen LogP contribution is -2.63. The zero-order chi connectivity index (χ0) is 14.1. The normalized spacial score (nSPS) is 58.1. The van der Waals surface area contributed by atoms with Gasteiger partial charge in [-0.25, -0.2) is 0 Å². The highest BCUT2D eigenvalue weighted by Gasteiger charge is 2.82. The van der Waals surface area contributed by atoms with Crippen LogP contribution in [0.3, 0.4) is 0 Å². The van der Waals surface area contributed by atoms with Crippen molar-refractivity contribution in [1.82, 2.24) is 0 Å². The summed E-state index contributed by atoms with van der Waals surface area (Å²) in [6.07, 6.45) is 5.03. The number of ether oxygens (including phenoxy) is 1. The second kappa shape index (κ2) is 3.75. The van der Waals surface area contributed by atoms with Crippen LogP contribution in [-0.2, 0) is 4.74 Å². The third-order valence-electron chi connectivity index (χ3n) is 7.03. The van der Waals surface area contributed by atoms with Crippen molar-refractivity contribution in [3.8, 4) is 0 Å². The van der Waals surface area contributed by atoms with Crippen molar-refractivity contribution in [1.29, 1.82) is 0 Å². The fourth-order valence-corrected chi connectivity index (χ4v) is 5.19. The van der Waals surface area contributed by atoms with Crippen LogP contribution in [0.4, 0.5) is 0 Å². The van der Waals surface area contributed by atoms with Crippen molar-refractivity contribution < 1.29 is 14.9 Å². The predicted octanol–water partition coefficient (Wildman–Crippen LogP) is 2.49. The second-order valence-corrected chi connectivity index (χ2v) is 7.97. The second-order valence-electron chi connectivity index (χ2n) is 7.97. The molecule has 0 aromatic heterocycles. The van der Waals surface area contributed by atoms with Crippen molar-refractivity contribution in [2.75, 3.05) is 6.61 Å². The highest BCUT2D eigenvalue weighted by Crippen LogP contribution is 2.73. The molecular weight excluding hydrogens is 240 g/mol. The molecule has 3 heteroatoms. The van der Waals surface area contributed by atoms with Gasteiger partial charge in [0, 0.05) is 17.4 Å². The standard InChI is InChI=1S/C16H28O3/c1-11(10-17)14(3)9-8-13(2)6-5-7-15(4)16(13,19-15)12(14)18/h11-12,17-18H,5-10H2,1-4H3/t11-,12?,13+,14?,15?,16?/m0/s1. The molecule has 3 rings (SSSR count). The summed E-state index contributed by atoms with van der Waals surface area (Å²) in [4.78, 5) is 0. The molecule has 0 aromatic rings. The van der Waals surface area contributed by atoms with Crippen molar-refractivity contribution in [3.05, 3.63) is 0 Å². The van der Waals surface area contributed by atoms with Crippen LogP contribution in [0, 0.1) is 16.7 Å². The Morgan fingerprint density at radius 2 is 1.84 bits per heavy atom. The lowest BCUT2D eigenvalue weighted by atomic mass is 9.48.